The van der Waals surface area contributed by atoms with Crippen molar-refractivity contribution in [2.75, 3.05) is 0 Å². The molecule has 2 aromatic carbocycles. The summed E-state index contributed by atoms with van der Waals surface area (Å²) in [5, 5.41) is 17.2. The lowest BCUT2D eigenvalue weighted by molar-refractivity contribution is 0.659. The summed E-state index contributed by atoms with van der Waals surface area (Å²) in [6.07, 6.45) is 1.78. The summed E-state index contributed by atoms with van der Waals surface area (Å²) in [6.45, 7) is 6.63. The van der Waals surface area contributed by atoms with E-state index >= 15 is 0 Å². The van der Waals surface area contributed by atoms with E-state index in [2.05, 4.69) is 20.4 Å². The third-order valence-electron chi connectivity index (χ3n) is 4.98. The number of halogens is 1. The maximum atomic E-state index is 6.31. The summed E-state index contributed by atoms with van der Waals surface area (Å²) in [7, 11) is 0. The maximum absolute atomic E-state index is 6.31. The average molecular weight is 437 g/mol. The standard InChI is InChI=1S/C22H21ClN6S/c1-14-8-10-17(11-9-14)21-25-26-22(30)29(21)24-12-19-15(2)27-28(16(19)3)13-18-6-4-5-7-20(18)23/h4-12H,13H2,1-3H3,(H,26,30)/b24-12+. The van der Waals surface area contributed by atoms with Crippen LogP contribution in [-0.2, 0) is 6.54 Å². The van der Waals surface area contributed by atoms with Crippen molar-refractivity contribution in [1.29, 1.82) is 0 Å². The fourth-order valence-electron chi connectivity index (χ4n) is 3.24. The molecule has 0 saturated heterocycles. The first-order valence-electron chi connectivity index (χ1n) is 9.50. The molecule has 8 heteroatoms. The molecule has 0 fully saturated rings. The van der Waals surface area contributed by atoms with E-state index in [4.69, 9.17) is 23.8 Å². The molecule has 2 aromatic heterocycles. The Morgan fingerprint density at radius 3 is 2.57 bits per heavy atom. The van der Waals surface area contributed by atoms with Crippen LogP contribution in [0.3, 0.4) is 0 Å². The Morgan fingerprint density at radius 1 is 1.10 bits per heavy atom. The molecule has 0 aliphatic carbocycles. The van der Waals surface area contributed by atoms with E-state index in [0.717, 1.165) is 33.1 Å². The quantitative estimate of drug-likeness (QED) is 0.340. The normalized spacial score (nSPS) is 11.5. The number of rotatable bonds is 5. The Hall–Kier alpha value is -3.03. The second-order valence-electron chi connectivity index (χ2n) is 7.11. The topological polar surface area (TPSA) is 63.8 Å². The van der Waals surface area contributed by atoms with Crippen molar-refractivity contribution in [2.24, 2.45) is 5.10 Å². The van der Waals surface area contributed by atoms with Gasteiger partial charge in [-0.3, -0.25) is 4.68 Å². The van der Waals surface area contributed by atoms with Crippen LogP contribution in [0, 0.1) is 25.5 Å². The van der Waals surface area contributed by atoms with Crippen LogP contribution in [-0.4, -0.2) is 30.9 Å². The Morgan fingerprint density at radius 2 is 1.83 bits per heavy atom. The van der Waals surface area contributed by atoms with Gasteiger partial charge in [0.15, 0.2) is 5.82 Å². The molecule has 0 aliphatic rings. The predicted molar refractivity (Wildman–Crippen MR) is 123 cm³/mol. The minimum Gasteiger partial charge on any atom is -0.264 e. The van der Waals surface area contributed by atoms with Gasteiger partial charge in [-0.1, -0.05) is 59.6 Å². The number of hydrogen-bond acceptors (Lipinski definition) is 4. The molecular weight excluding hydrogens is 416 g/mol. The van der Waals surface area contributed by atoms with E-state index in [1.54, 1.807) is 10.9 Å². The van der Waals surface area contributed by atoms with Gasteiger partial charge in [0.05, 0.1) is 18.5 Å². The largest absolute Gasteiger partial charge is 0.264 e. The van der Waals surface area contributed by atoms with E-state index in [-0.39, 0.29) is 0 Å². The van der Waals surface area contributed by atoms with Crippen LogP contribution >= 0.6 is 23.8 Å². The number of aromatic amines is 1. The monoisotopic (exact) mass is 436 g/mol. The average Bonchev–Trinajstić information content (AvgIpc) is 3.22. The van der Waals surface area contributed by atoms with Gasteiger partial charge in [-0.05, 0) is 44.6 Å². The van der Waals surface area contributed by atoms with Gasteiger partial charge in [-0.25, -0.2) is 5.10 Å². The Balaban J connectivity index is 1.67. The first-order valence-corrected chi connectivity index (χ1v) is 10.3. The second-order valence-corrected chi connectivity index (χ2v) is 7.90. The van der Waals surface area contributed by atoms with Crippen LogP contribution in [0.1, 0.15) is 28.1 Å². The fraction of sp³-hybridized carbons (Fsp3) is 0.182. The van der Waals surface area contributed by atoms with Gasteiger partial charge in [0.25, 0.3) is 0 Å². The summed E-state index contributed by atoms with van der Waals surface area (Å²) in [4.78, 5) is 0. The number of nitrogens with zero attached hydrogens (tertiary/aromatic N) is 5. The lowest BCUT2D eigenvalue weighted by atomic mass is 10.1. The number of H-pyrrole nitrogens is 1. The smallest absolute Gasteiger partial charge is 0.216 e. The molecule has 1 N–H and O–H groups in total. The molecule has 0 saturated carbocycles. The van der Waals surface area contributed by atoms with Crippen LogP contribution < -0.4 is 0 Å². The zero-order chi connectivity index (χ0) is 21.3. The van der Waals surface area contributed by atoms with E-state index < -0.39 is 0 Å². The maximum Gasteiger partial charge on any atom is 0.216 e. The highest BCUT2D eigenvalue weighted by Gasteiger charge is 2.13. The van der Waals surface area contributed by atoms with Crippen molar-refractivity contribution in [3.63, 3.8) is 0 Å². The van der Waals surface area contributed by atoms with Crippen molar-refractivity contribution < 1.29 is 0 Å². The van der Waals surface area contributed by atoms with E-state index in [0.29, 0.717) is 17.1 Å². The van der Waals surface area contributed by atoms with Crippen LogP contribution in [0.4, 0.5) is 0 Å². The van der Waals surface area contributed by atoms with Gasteiger partial charge in [-0.2, -0.15) is 20.0 Å². The molecule has 0 radical (unpaired) electrons. The highest BCUT2D eigenvalue weighted by molar-refractivity contribution is 7.71. The fourth-order valence-corrected chi connectivity index (χ4v) is 3.62. The molecule has 0 aliphatic heterocycles. The van der Waals surface area contributed by atoms with Crippen molar-refractivity contribution in [1.82, 2.24) is 24.7 Å². The van der Waals surface area contributed by atoms with Gasteiger partial charge in [-0.15, -0.1) is 0 Å². The number of hydrogen-bond donors (Lipinski definition) is 1. The number of nitrogens with one attached hydrogen (secondary N) is 1. The van der Waals surface area contributed by atoms with Crippen molar-refractivity contribution in [3.05, 3.63) is 86.4 Å². The number of aromatic nitrogens is 5. The lowest BCUT2D eigenvalue weighted by Crippen LogP contribution is -2.05. The van der Waals surface area contributed by atoms with Gasteiger partial charge in [0.2, 0.25) is 4.77 Å². The Kier molecular flexibility index (Phi) is 5.65. The molecule has 30 heavy (non-hydrogen) atoms. The molecule has 2 heterocycles. The SMILES string of the molecule is Cc1ccc(-c2n[nH]c(=S)n2/N=C/c2c(C)nn(Cc3ccccc3Cl)c2C)cc1. The summed E-state index contributed by atoms with van der Waals surface area (Å²) in [6, 6.07) is 15.9. The molecule has 4 rings (SSSR count). The Bertz CT molecular complexity index is 1280. The van der Waals surface area contributed by atoms with Crippen molar-refractivity contribution in [3.8, 4) is 11.4 Å². The zero-order valence-corrected chi connectivity index (χ0v) is 18.5. The van der Waals surface area contributed by atoms with E-state index in [1.165, 1.54) is 5.56 Å². The van der Waals surface area contributed by atoms with Crippen LogP contribution in [0.25, 0.3) is 11.4 Å². The molecule has 0 bridgehead atoms. The molecular formula is C22H21ClN6S. The Labute approximate surface area is 184 Å². The van der Waals surface area contributed by atoms with Crippen molar-refractivity contribution >= 4 is 30.0 Å². The minimum absolute atomic E-state index is 0.431. The molecule has 4 aromatic rings. The third kappa shape index (κ3) is 3.99. The van der Waals surface area contributed by atoms with Gasteiger partial charge >= 0.3 is 0 Å². The predicted octanol–water partition coefficient (Wildman–Crippen LogP) is 5.31. The zero-order valence-electron chi connectivity index (χ0n) is 16.9. The first kappa shape index (κ1) is 20.3. The molecule has 0 unspecified atom stereocenters. The first-order chi connectivity index (χ1) is 14.4. The lowest BCUT2D eigenvalue weighted by Gasteiger charge is -2.06. The van der Waals surface area contributed by atoms with E-state index in [1.807, 2.05) is 74.0 Å². The van der Waals surface area contributed by atoms with Crippen molar-refractivity contribution in [2.45, 2.75) is 27.3 Å². The van der Waals surface area contributed by atoms with Crippen LogP contribution in [0.5, 0.6) is 0 Å². The van der Waals surface area contributed by atoms with Gasteiger partial charge < -0.3 is 0 Å². The molecule has 152 valence electrons. The molecule has 0 atom stereocenters. The van der Waals surface area contributed by atoms with Crippen LogP contribution in [0.15, 0.2) is 53.6 Å². The highest BCUT2D eigenvalue weighted by atomic mass is 35.5. The number of benzene rings is 2. The van der Waals surface area contributed by atoms with E-state index in [9.17, 15) is 0 Å². The molecule has 0 spiro atoms. The second kappa shape index (κ2) is 8.38. The molecule has 6 nitrogen and oxygen atoms in total. The van der Waals surface area contributed by atoms with Gasteiger partial charge in [0, 0.05) is 21.8 Å². The van der Waals surface area contributed by atoms with Gasteiger partial charge in [0.1, 0.15) is 0 Å². The number of aryl methyl sites for hydroxylation is 2. The molecule has 0 amide bonds. The summed E-state index contributed by atoms with van der Waals surface area (Å²) >= 11 is 11.7. The summed E-state index contributed by atoms with van der Waals surface area (Å²) in [5.74, 6) is 0.662. The summed E-state index contributed by atoms with van der Waals surface area (Å²) in [5.41, 5.74) is 5.97. The highest BCUT2D eigenvalue weighted by Crippen LogP contribution is 2.20. The summed E-state index contributed by atoms with van der Waals surface area (Å²) < 4.78 is 4.00. The minimum atomic E-state index is 0.431. The third-order valence-corrected chi connectivity index (χ3v) is 5.61. The van der Waals surface area contributed by atoms with Crippen LogP contribution in [0.2, 0.25) is 5.02 Å².